The molecule has 1 aliphatic rings. The predicted molar refractivity (Wildman–Crippen MR) is 129 cm³/mol. The van der Waals surface area contributed by atoms with Crippen molar-refractivity contribution >= 4 is 58.8 Å². The Balaban J connectivity index is 1.75. The first-order valence-corrected chi connectivity index (χ1v) is 15.2. The van der Waals surface area contributed by atoms with Crippen LogP contribution in [-0.4, -0.2) is 57.4 Å². The number of ether oxygens (including phenoxy) is 1. The molecule has 4 rings (SSSR count). The molecule has 10 nitrogen and oxygen atoms in total. The molecule has 1 fully saturated rings. The van der Waals surface area contributed by atoms with Crippen LogP contribution >= 0.6 is 22.7 Å². The SMILES string of the molecule is CCOCCn1c(=NC(=O)C2CCCN2S(=O)(=O)c2cccs2)sc2cc(S(N)(=O)=O)ccc21. The fourth-order valence-electron chi connectivity index (χ4n) is 3.80. The van der Waals surface area contributed by atoms with Crippen molar-refractivity contribution in [2.45, 2.75) is 41.5 Å². The maximum atomic E-state index is 13.2. The average Bonchev–Trinajstić information content (AvgIpc) is 3.53. The van der Waals surface area contributed by atoms with E-state index < -0.39 is 32.0 Å². The van der Waals surface area contributed by atoms with Crippen molar-refractivity contribution in [3.63, 3.8) is 0 Å². The van der Waals surface area contributed by atoms with Gasteiger partial charge < -0.3 is 9.30 Å². The zero-order valence-corrected chi connectivity index (χ0v) is 21.6. The van der Waals surface area contributed by atoms with Crippen molar-refractivity contribution in [3.8, 4) is 0 Å². The standard InChI is InChI=1S/C20H24N4O6S4/c1-2-30-11-10-23-15-8-7-14(33(21,26)27)13-17(15)32-20(23)22-19(25)16-5-3-9-24(16)34(28,29)18-6-4-12-31-18/h4,6-8,12-13,16H,2-3,5,9-11H2,1H3,(H2,21,26,27). The van der Waals surface area contributed by atoms with E-state index in [0.29, 0.717) is 47.6 Å². The molecule has 0 aliphatic carbocycles. The third-order valence-corrected chi connectivity index (χ3v) is 10.6. The summed E-state index contributed by atoms with van der Waals surface area (Å²) in [5.74, 6) is -0.555. The molecule has 1 unspecified atom stereocenters. The average molecular weight is 545 g/mol. The molecule has 184 valence electrons. The lowest BCUT2D eigenvalue weighted by molar-refractivity contribution is -0.121. The van der Waals surface area contributed by atoms with Gasteiger partial charge in [0, 0.05) is 19.7 Å². The van der Waals surface area contributed by atoms with Crippen LogP contribution in [0.5, 0.6) is 0 Å². The Labute approximate surface area is 205 Å². The van der Waals surface area contributed by atoms with Crippen LogP contribution in [0.3, 0.4) is 0 Å². The molecule has 0 saturated carbocycles. The molecule has 1 atom stereocenters. The highest BCUT2D eigenvalue weighted by molar-refractivity contribution is 7.91. The van der Waals surface area contributed by atoms with Gasteiger partial charge in [-0.25, -0.2) is 22.0 Å². The van der Waals surface area contributed by atoms with E-state index in [4.69, 9.17) is 9.88 Å². The molecule has 1 aliphatic heterocycles. The summed E-state index contributed by atoms with van der Waals surface area (Å²) in [4.78, 5) is 17.8. The first-order chi connectivity index (χ1) is 16.1. The molecule has 14 heteroatoms. The van der Waals surface area contributed by atoms with E-state index in [9.17, 15) is 21.6 Å². The number of thiophene rings is 1. The number of sulfonamides is 2. The minimum Gasteiger partial charge on any atom is -0.380 e. The zero-order valence-electron chi connectivity index (χ0n) is 18.3. The number of carbonyl (C=O) groups excluding carboxylic acids is 1. The summed E-state index contributed by atoms with van der Waals surface area (Å²) in [5.41, 5.74) is 0.679. The molecule has 2 N–H and O–H groups in total. The summed E-state index contributed by atoms with van der Waals surface area (Å²) in [7, 11) is -7.69. The molecule has 2 aromatic heterocycles. The van der Waals surface area contributed by atoms with E-state index in [-0.39, 0.29) is 15.6 Å². The lowest BCUT2D eigenvalue weighted by Crippen LogP contribution is -2.40. The molecular weight excluding hydrogens is 521 g/mol. The van der Waals surface area contributed by atoms with Crippen LogP contribution in [0.25, 0.3) is 10.2 Å². The van der Waals surface area contributed by atoms with Crippen LogP contribution < -0.4 is 9.94 Å². The number of aromatic nitrogens is 1. The molecule has 0 spiro atoms. The second kappa shape index (κ2) is 9.97. The van der Waals surface area contributed by atoms with Crippen molar-refractivity contribution in [2.75, 3.05) is 19.8 Å². The van der Waals surface area contributed by atoms with Gasteiger partial charge >= 0.3 is 0 Å². The Morgan fingerprint density at radius 2 is 2.06 bits per heavy atom. The van der Waals surface area contributed by atoms with E-state index in [2.05, 4.69) is 4.99 Å². The molecule has 34 heavy (non-hydrogen) atoms. The third-order valence-electron chi connectivity index (χ3n) is 5.40. The molecule has 1 amide bonds. The van der Waals surface area contributed by atoms with Crippen LogP contribution in [0, 0.1) is 0 Å². The largest absolute Gasteiger partial charge is 0.380 e. The topological polar surface area (TPSA) is 141 Å². The smallest absolute Gasteiger partial charge is 0.266 e. The molecule has 3 heterocycles. The quantitative estimate of drug-likeness (QED) is 0.428. The monoisotopic (exact) mass is 544 g/mol. The number of hydrogen-bond donors (Lipinski definition) is 1. The van der Waals surface area contributed by atoms with Crippen molar-refractivity contribution in [1.82, 2.24) is 8.87 Å². The second-order valence-electron chi connectivity index (χ2n) is 7.56. The van der Waals surface area contributed by atoms with Crippen LogP contribution in [0.15, 0.2) is 49.8 Å². The summed E-state index contributed by atoms with van der Waals surface area (Å²) in [6, 6.07) is 6.75. The lowest BCUT2D eigenvalue weighted by atomic mass is 10.2. The molecular formula is C20H24N4O6S4. The highest BCUT2D eigenvalue weighted by Gasteiger charge is 2.40. The van der Waals surface area contributed by atoms with Gasteiger partial charge in [-0.05, 0) is 49.4 Å². The first-order valence-electron chi connectivity index (χ1n) is 10.5. The Kier molecular flexibility index (Phi) is 7.38. The minimum absolute atomic E-state index is 0.0416. The number of thiazole rings is 1. The summed E-state index contributed by atoms with van der Waals surface area (Å²) >= 11 is 2.25. The molecule has 0 bridgehead atoms. The van der Waals surface area contributed by atoms with E-state index in [1.807, 2.05) is 6.92 Å². The minimum atomic E-state index is -3.90. The maximum absolute atomic E-state index is 13.2. The number of carbonyl (C=O) groups is 1. The fourth-order valence-corrected chi connectivity index (χ4v) is 8.29. The predicted octanol–water partition coefficient (Wildman–Crippen LogP) is 1.73. The summed E-state index contributed by atoms with van der Waals surface area (Å²) in [6.45, 7) is 3.38. The number of primary sulfonamides is 1. The Morgan fingerprint density at radius 3 is 2.74 bits per heavy atom. The number of hydrogen-bond acceptors (Lipinski definition) is 8. The number of nitrogens with zero attached hydrogens (tertiary/aromatic N) is 3. The maximum Gasteiger partial charge on any atom is 0.266 e. The fraction of sp³-hybridized carbons (Fsp3) is 0.400. The third kappa shape index (κ3) is 5.03. The van der Waals surface area contributed by atoms with Crippen molar-refractivity contribution in [3.05, 3.63) is 40.5 Å². The van der Waals surface area contributed by atoms with Gasteiger partial charge in [-0.1, -0.05) is 17.4 Å². The second-order valence-corrected chi connectivity index (χ2v) is 13.2. The van der Waals surface area contributed by atoms with E-state index >= 15 is 0 Å². The van der Waals surface area contributed by atoms with Gasteiger partial charge in [0.25, 0.3) is 15.9 Å². The van der Waals surface area contributed by atoms with E-state index in [1.54, 1.807) is 22.1 Å². The van der Waals surface area contributed by atoms with Crippen molar-refractivity contribution in [1.29, 1.82) is 0 Å². The van der Waals surface area contributed by atoms with Crippen LogP contribution in [0.2, 0.25) is 0 Å². The Bertz CT molecular complexity index is 1470. The van der Waals surface area contributed by atoms with Crippen LogP contribution in [0.1, 0.15) is 19.8 Å². The molecule has 1 saturated heterocycles. The van der Waals surface area contributed by atoms with E-state index in [1.165, 1.54) is 22.5 Å². The summed E-state index contributed by atoms with van der Waals surface area (Å²) in [6.07, 6.45) is 0.942. The molecule has 3 aromatic rings. The molecule has 0 radical (unpaired) electrons. The highest BCUT2D eigenvalue weighted by atomic mass is 32.2. The Hall–Kier alpha value is -1.94. The van der Waals surface area contributed by atoms with Gasteiger partial charge in [0.1, 0.15) is 10.3 Å². The summed E-state index contributed by atoms with van der Waals surface area (Å²) < 4.78 is 58.8. The van der Waals surface area contributed by atoms with Gasteiger partial charge in [0.2, 0.25) is 10.0 Å². The van der Waals surface area contributed by atoms with Crippen molar-refractivity contribution in [2.24, 2.45) is 10.1 Å². The van der Waals surface area contributed by atoms with Crippen LogP contribution in [0.4, 0.5) is 0 Å². The highest BCUT2D eigenvalue weighted by Crippen LogP contribution is 2.29. The van der Waals surface area contributed by atoms with Gasteiger partial charge in [-0.3, -0.25) is 4.79 Å². The van der Waals surface area contributed by atoms with Gasteiger partial charge in [0.15, 0.2) is 4.80 Å². The number of fused-ring (bicyclic) bond motifs is 1. The number of amides is 1. The number of nitrogens with two attached hydrogens (primary N) is 1. The molecule has 1 aromatic carbocycles. The van der Waals surface area contributed by atoms with Crippen molar-refractivity contribution < 1.29 is 26.4 Å². The Morgan fingerprint density at radius 1 is 1.26 bits per heavy atom. The number of benzene rings is 1. The first kappa shape index (κ1) is 25.2. The zero-order chi connectivity index (χ0) is 24.5. The van der Waals surface area contributed by atoms with Gasteiger partial charge in [-0.2, -0.15) is 9.30 Å². The number of rotatable bonds is 8. The van der Waals surface area contributed by atoms with Gasteiger partial charge in [-0.15, -0.1) is 11.3 Å². The van der Waals surface area contributed by atoms with Gasteiger partial charge in [0.05, 0.1) is 21.7 Å². The van der Waals surface area contributed by atoms with Crippen LogP contribution in [-0.2, 0) is 36.1 Å². The summed E-state index contributed by atoms with van der Waals surface area (Å²) in [5, 5.41) is 6.94. The lowest BCUT2D eigenvalue weighted by Gasteiger charge is -2.20. The normalized spacial score (nSPS) is 18.2. The van der Waals surface area contributed by atoms with E-state index in [0.717, 1.165) is 22.7 Å².